The third-order valence-electron chi connectivity index (χ3n) is 2.44. The van der Waals surface area contributed by atoms with Crippen LogP contribution in [0.25, 0.3) is 0 Å². The number of rotatable bonds is 3. The number of aromatic nitrogens is 1. The SMILES string of the molecule is CNC(=O)c1cnc(Nc2ccc(Cl)cc2)c(Cl)c1. The number of nitrogens with one attached hydrogen (secondary N) is 2. The molecular weight excluding hydrogens is 285 g/mol. The number of carbonyl (C=O) groups is 1. The molecule has 2 aromatic rings. The Labute approximate surface area is 120 Å². The zero-order valence-corrected chi connectivity index (χ0v) is 11.6. The fraction of sp³-hybridized carbons (Fsp3) is 0.0769. The van der Waals surface area contributed by atoms with Gasteiger partial charge in [0.05, 0.1) is 10.6 Å². The molecule has 1 aromatic carbocycles. The molecule has 0 atom stereocenters. The standard InChI is InChI=1S/C13H11Cl2N3O/c1-16-13(19)8-6-11(15)12(17-7-8)18-10-4-2-9(14)3-5-10/h2-7H,1H3,(H,16,19)(H,17,18). The van der Waals surface area contributed by atoms with Gasteiger partial charge in [-0.25, -0.2) is 4.98 Å². The highest BCUT2D eigenvalue weighted by atomic mass is 35.5. The monoisotopic (exact) mass is 295 g/mol. The molecule has 0 bridgehead atoms. The van der Waals surface area contributed by atoms with Crippen LogP contribution in [0.5, 0.6) is 0 Å². The van der Waals surface area contributed by atoms with Gasteiger partial charge in [0.25, 0.3) is 5.91 Å². The second-order valence-corrected chi connectivity index (χ2v) is 4.61. The van der Waals surface area contributed by atoms with Crippen LogP contribution in [-0.4, -0.2) is 17.9 Å². The van der Waals surface area contributed by atoms with Crippen LogP contribution in [-0.2, 0) is 0 Å². The van der Waals surface area contributed by atoms with Crippen molar-refractivity contribution in [2.75, 3.05) is 12.4 Å². The number of hydrogen-bond acceptors (Lipinski definition) is 3. The molecule has 0 fully saturated rings. The molecule has 2 rings (SSSR count). The lowest BCUT2D eigenvalue weighted by Crippen LogP contribution is -2.18. The van der Waals surface area contributed by atoms with Gasteiger partial charge in [0.1, 0.15) is 5.82 Å². The fourth-order valence-electron chi connectivity index (χ4n) is 1.47. The Morgan fingerprint density at radius 2 is 1.89 bits per heavy atom. The normalized spacial score (nSPS) is 10.1. The first-order chi connectivity index (χ1) is 9.10. The van der Waals surface area contributed by atoms with Crippen molar-refractivity contribution in [3.05, 3.63) is 52.1 Å². The van der Waals surface area contributed by atoms with E-state index < -0.39 is 0 Å². The number of anilines is 2. The predicted octanol–water partition coefficient (Wildman–Crippen LogP) is 3.49. The third-order valence-corrected chi connectivity index (χ3v) is 2.98. The van der Waals surface area contributed by atoms with Gasteiger partial charge in [0, 0.05) is 24.0 Å². The van der Waals surface area contributed by atoms with Gasteiger partial charge >= 0.3 is 0 Å². The van der Waals surface area contributed by atoms with Crippen LogP contribution in [0.1, 0.15) is 10.4 Å². The minimum atomic E-state index is -0.229. The number of benzene rings is 1. The van der Waals surface area contributed by atoms with Crippen LogP contribution in [0, 0.1) is 0 Å². The van der Waals surface area contributed by atoms with E-state index in [1.807, 2.05) is 12.1 Å². The van der Waals surface area contributed by atoms with E-state index in [9.17, 15) is 4.79 Å². The number of hydrogen-bond donors (Lipinski definition) is 2. The van der Waals surface area contributed by atoms with Crippen molar-refractivity contribution >= 4 is 40.6 Å². The topological polar surface area (TPSA) is 54.0 Å². The molecule has 0 saturated heterocycles. The second-order valence-electron chi connectivity index (χ2n) is 3.77. The lowest BCUT2D eigenvalue weighted by atomic mass is 10.2. The molecule has 0 aliphatic rings. The van der Waals surface area contributed by atoms with Crippen LogP contribution < -0.4 is 10.6 Å². The highest BCUT2D eigenvalue weighted by Crippen LogP contribution is 2.24. The number of carbonyl (C=O) groups excluding carboxylic acids is 1. The van der Waals surface area contributed by atoms with Crippen LogP contribution in [0.3, 0.4) is 0 Å². The lowest BCUT2D eigenvalue weighted by Gasteiger charge is -2.08. The Bertz CT molecular complexity index is 599. The Hall–Kier alpha value is -1.78. The van der Waals surface area contributed by atoms with Gasteiger partial charge in [-0.2, -0.15) is 0 Å². The van der Waals surface area contributed by atoms with Crippen molar-refractivity contribution in [2.24, 2.45) is 0 Å². The lowest BCUT2D eigenvalue weighted by molar-refractivity contribution is 0.0963. The Balaban J connectivity index is 2.22. The predicted molar refractivity (Wildman–Crippen MR) is 77.4 cm³/mol. The molecule has 1 amide bonds. The maximum Gasteiger partial charge on any atom is 0.252 e. The maximum atomic E-state index is 11.4. The molecule has 19 heavy (non-hydrogen) atoms. The van der Waals surface area contributed by atoms with Crippen molar-refractivity contribution in [2.45, 2.75) is 0 Å². The summed E-state index contributed by atoms with van der Waals surface area (Å²) in [5.74, 6) is 0.254. The van der Waals surface area contributed by atoms with Crippen molar-refractivity contribution in [3.63, 3.8) is 0 Å². The van der Waals surface area contributed by atoms with Crippen LogP contribution >= 0.6 is 23.2 Å². The molecule has 1 heterocycles. The van der Waals surface area contributed by atoms with Crippen LogP contribution in [0.4, 0.5) is 11.5 Å². The van der Waals surface area contributed by atoms with E-state index in [0.29, 0.717) is 21.4 Å². The molecule has 1 aromatic heterocycles. The van der Waals surface area contributed by atoms with Gasteiger partial charge in [-0.1, -0.05) is 23.2 Å². The molecule has 0 saturated carbocycles. The third kappa shape index (κ3) is 3.36. The van der Waals surface area contributed by atoms with E-state index in [0.717, 1.165) is 5.69 Å². The zero-order chi connectivity index (χ0) is 13.8. The van der Waals surface area contributed by atoms with Crippen LogP contribution in [0.2, 0.25) is 10.0 Å². The molecule has 0 unspecified atom stereocenters. The summed E-state index contributed by atoms with van der Waals surface area (Å²) in [4.78, 5) is 15.6. The van der Waals surface area contributed by atoms with E-state index in [4.69, 9.17) is 23.2 Å². The molecule has 0 aliphatic heterocycles. The summed E-state index contributed by atoms with van der Waals surface area (Å²) >= 11 is 11.9. The van der Waals surface area contributed by atoms with Gasteiger partial charge in [-0.05, 0) is 30.3 Å². The number of pyridine rings is 1. The molecule has 0 spiro atoms. The van der Waals surface area contributed by atoms with Crippen LogP contribution in [0.15, 0.2) is 36.5 Å². The summed E-state index contributed by atoms with van der Waals surface area (Å²) in [7, 11) is 1.55. The van der Waals surface area contributed by atoms with Gasteiger partial charge in [-0.15, -0.1) is 0 Å². The molecule has 4 nitrogen and oxygen atoms in total. The average molecular weight is 296 g/mol. The van der Waals surface area contributed by atoms with Gasteiger partial charge < -0.3 is 10.6 Å². The summed E-state index contributed by atoms with van der Waals surface area (Å²) in [5, 5.41) is 6.59. The van der Waals surface area contributed by atoms with Crippen molar-refractivity contribution in [1.29, 1.82) is 0 Å². The van der Waals surface area contributed by atoms with E-state index >= 15 is 0 Å². The molecule has 6 heteroatoms. The molecule has 0 radical (unpaired) electrons. The summed E-state index contributed by atoms with van der Waals surface area (Å²) in [6.45, 7) is 0. The zero-order valence-electron chi connectivity index (χ0n) is 10.1. The first-order valence-electron chi connectivity index (χ1n) is 5.50. The Morgan fingerprint density at radius 1 is 1.21 bits per heavy atom. The van der Waals surface area contributed by atoms with Crippen molar-refractivity contribution in [1.82, 2.24) is 10.3 Å². The molecule has 98 valence electrons. The largest absolute Gasteiger partial charge is 0.355 e. The number of halogens is 2. The second kappa shape index (κ2) is 5.91. The summed E-state index contributed by atoms with van der Waals surface area (Å²) in [6.07, 6.45) is 1.46. The summed E-state index contributed by atoms with van der Waals surface area (Å²) in [5.41, 5.74) is 1.22. The molecule has 2 N–H and O–H groups in total. The Kier molecular flexibility index (Phi) is 4.24. The molecule has 0 aliphatic carbocycles. The fourth-order valence-corrected chi connectivity index (χ4v) is 1.81. The molecular formula is C13H11Cl2N3O. The highest BCUT2D eigenvalue weighted by Gasteiger charge is 2.08. The van der Waals surface area contributed by atoms with Gasteiger partial charge in [-0.3, -0.25) is 4.79 Å². The van der Waals surface area contributed by atoms with E-state index in [-0.39, 0.29) is 5.91 Å². The van der Waals surface area contributed by atoms with Crippen molar-refractivity contribution < 1.29 is 4.79 Å². The number of nitrogens with zero attached hydrogens (tertiary/aromatic N) is 1. The van der Waals surface area contributed by atoms with E-state index in [1.165, 1.54) is 6.20 Å². The van der Waals surface area contributed by atoms with Gasteiger partial charge in [0.2, 0.25) is 0 Å². The summed E-state index contributed by atoms with van der Waals surface area (Å²) in [6, 6.07) is 8.71. The minimum absolute atomic E-state index is 0.229. The first kappa shape index (κ1) is 13.6. The minimum Gasteiger partial charge on any atom is -0.355 e. The highest BCUT2D eigenvalue weighted by molar-refractivity contribution is 6.33. The first-order valence-corrected chi connectivity index (χ1v) is 6.26. The summed E-state index contributed by atoms with van der Waals surface area (Å²) < 4.78 is 0. The quantitative estimate of drug-likeness (QED) is 0.911. The van der Waals surface area contributed by atoms with Gasteiger partial charge in [0.15, 0.2) is 0 Å². The van der Waals surface area contributed by atoms with Crippen molar-refractivity contribution in [3.8, 4) is 0 Å². The van der Waals surface area contributed by atoms with E-state index in [2.05, 4.69) is 15.6 Å². The number of amides is 1. The Morgan fingerprint density at radius 3 is 2.47 bits per heavy atom. The maximum absolute atomic E-state index is 11.4. The smallest absolute Gasteiger partial charge is 0.252 e. The average Bonchev–Trinajstić information content (AvgIpc) is 2.42. The van der Waals surface area contributed by atoms with E-state index in [1.54, 1.807) is 25.2 Å².